The van der Waals surface area contributed by atoms with Crippen molar-refractivity contribution in [3.63, 3.8) is 0 Å². The summed E-state index contributed by atoms with van der Waals surface area (Å²) in [7, 11) is 1.87. The van der Waals surface area contributed by atoms with Gasteiger partial charge in [-0.25, -0.2) is 0 Å². The summed E-state index contributed by atoms with van der Waals surface area (Å²) in [5, 5.41) is 23.3. The van der Waals surface area contributed by atoms with Crippen LogP contribution in [0.15, 0.2) is 28.8 Å². The van der Waals surface area contributed by atoms with Crippen LogP contribution in [0, 0.1) is 5.41 Å². The molecular weight excluding hydrogens is 306 g/mol. The standard InChI is InChI=1S/C15H20ClN3O3/c1-15(9-20,10-21)8-19(2)7-13-17-14(18-22-13)11-3-5-12(16)6-4-11/h3-6,20-21H,7-10H2,1-2H3. The van der Waals surface area contributed by atoms with Crippen LogP contribution < -0.4 is 0 Å². The van der Waals surface area contributed by atoms with Crippen molar-refractivity contribution in [3.8, 4) is 11.4 Å². The molecule has 120 valence electrons. The number of aromatic nitrogens is 2. The van der Waals surface area contributed by atoms with Gasteiger partial charge in [0.25, 0.3) is 0 Å². The lowest BCUT2D eigenvalue weighted by atomic mass is 9.92. The van der Waals surface area contributed by atoms with Gasteiger partial charge in [0.2, 0.25) is 11.7 Å². The zero-order valence-corrected chi connectivity index (χ0v) is 13.4. The van der Waals surface area contributed by atoms with Crippen molar-refractivity contribution < 1.29 is 14.7 Å². The summed E-state index contributed by atoms with van der Waals surface area (Å²) in [5.41, 5.74) is 0.269. The third-order valence-corrected chi connectivity index (χ3v) is 3.64. The van der Waals surface area contributed by atoms with Crippen molar-refractivity contribution in [1.29, 1.82) is 0 Å². The molecule has 0 aliphatic rings. The Hall–Kier alpha value is -1.47. The SMILES string of the molecule is CN(Cc1nc(-c2ccc(Cl)cc2)no1)CC(C)(CO)CO. The van der Waals surface area contributed by atoms with Crippen LogP contribution in [0.4, 0.5) is 0 Å². The minimum atomic E-state index is -0.562. The van der Waals surface area contributed by atoms with Gasteiger partial charge in [-0.2, -0.15) is 4.98 Å². The number of nitrogens with zero attached hydrogens (tertiary/aromatic N) is 3. The molecule has 0 saturated carbocycles. The quantitative estimate of drug-likeness (QED) is 0.808. The third-order valence-electron chi connectivity index (χ3n) is 3.39. The van der Waals surface area contributed by atoms with E-state index in [9.17, 15) is 10.2 Å². The molecule has 0 bridgehead atoms. The predicted molar refractivity (Wildman–Crippen MR) is 83.4 cm³/mol. The molecule has 0 unspecified atom stereocenters. The third kappa shape index (κ3) is 4.27. The topological polar surface area (TPSA) is 82.6 Å². The maximum atomic E-state index is 9.33. The molecule has 2 rings (SSSR count). The van der Waals surface area contributed by atoms with E-state index in [-0.39, 0.29) is 13.2 Å². The van der Waals surface area contributed by atoms with Gasteiger partial charge in [-0.3, -0.25) is 4.90 Å². The zero-order valence-electron chi connectivity index (χ0n) is 12.7. The van der Waals surface area contributed by atoms with E-state index in [0.717, 1.165) is 5.56 Å². The fourth-order valence-corrected chi connectivity index (χ4v) is 2.25. The Kier molecular flexibility index (Phi) is 5.52. The van der Waals surface area contributed by atoms with Gasteiger partial charge in [0.1, 0.15) is 0 Å². The second-order valence-electron chi connectivity index (χ2n) is 5.82. The molecule has 0 aliphatic carbocycles. The highest BCUT2D eigenvalue weighted by Crippen LogP contribution is 2.20. The van der Waals surface area contributed by atoms with Gasteiger partial charge in [0.05, 0.1) is 19.8 Å². The van der Waals surface area contributed by atoms with E-state index in [4.69, 9.17) is 16.1 Å². The van der Waals surface area contributed by atoms with E-state index in [0.29, 0.717) is 29.8 Å². The molecule has 7 heteroatoms. The summed E-state index contributed by atoms with van der Waals surface area (Å²) >= 11 is 5.85. The first-order chi connectivity index (χ1) is 10.5. The lowest BCUT2D eigenvalue weighted by Crippen LogP contribution is -2.38. The number of aliphatic hydroxyl groups is 2. The second kappa shape index (κ2) is 7.19. The first kappa shape index (κ1) is 16.9. The number of rotatable bonds is 7. The van der Waals surface area contributed by atoms with E-state index in [1.165, 1.54) is 0 Å². The average Bonchev–Trinajstić information content (AvgIpc) is 2.96. The minimum absolute atomic E-state index is 0.0896. The Morgan fingerprint density at radius 1 is 1.23 bits per heavy atom. The first-order valence-electron chi connectivity index (χ1n) is 6.94. The van der Waals surface area contributed by atoms with Crippen molar-refractivity contribution >= 4 is 11.6 Å². The van der Waals surface area contributed by atoms with Crippen LogP contribution in [0.3, 0.4) is 0 Å². The molecule has 1 heterocycles. The molecule has 0 fully saturated rings. The Bertz CT molecular complexity index is 596. The molecule has 0 aliphatic heterocycles. The molecule has 0 radical (unpaired) electrons. The summed E-state index contributed by atoms with van der Waals surface area (Å²) < 4.78 is 5.24. The van der Waals surface area contributed by atoms with Crippen LogP contribution in [0.1, 0.15) is 12.8 Å². The van der Waals surface area contributed by atoms with Gasteiger partial charge in [0, 0.05) is 22.5 Å². The number of hydrogen-bond acceptors (Lipinski definition) is 6. The maximum Gasteiger partial charge on any atom is 0.241 e. The molecule has 0 spiro atoms. The van der Waals surface area contributed by atoms with Crippen molar-refractivity contribution in [2.75, 3.05) is 26.8 Å². The van der Waals surface area contributed by atoms with E-state index in [1.54, 1.807) is 12.1 Å². The van der Waals surface area contributed by atoms with Crippen molar-refractivity contribution in [3.05, 3.63) is 35.2 Å². The smallest absolute Gasteiger partial charge is 0.241 e. The predicted octanol–water partition coefficient (Wildman–Crippen LogP) is 1.81. The monoisotopic (exact) mass is 325 g/mol. The molecule has 1 aromatic heterocycles. The molecule has 0 amide bonds. The fraction of sp³-hybridized carbons (Fsp3) is 0.467. The second-order valence-corrected chi connectivity index (χ2v) is 6.25. The fourth-order valence-electron chi connectivity index (χ4n) is 2.12. The average molecular weight is 326 g/mol. The summed E-state index contributed by atoms with van der Waals surface area (Å²) in [6.07, 6.45) is 0. The van der Waals surface area contributed by atoms with Gasteiger partial charge in [-0.1, -0.05) is 23.7 Å². The van der Waals surface area contributed by atoms with E-state index in [1.807, 2.05) is 31.0 Å². The van der Waals surface area contributed by atoms with E-state index >= 15 is 0 Å². The van der Waals surface area contributed by atoms with E-state index < -0.39 is 5.41 Å². The van der Waals surface area contributed by atoms with Crippen LogP contribution in [0.2, 0.25) is 5.02 Å². The van der Waals surface area contributed by atoms with Crippen molar-refractivity contribution in [2.45, 2.75) is 13.5 Å². The zero-order chi connectivity index (χ0) is 16.2. The maximum absolute atomic E-state index is 9.33. The number of aliphatic hydroxyl groups excluding tert-OH is 2. The Morgan fingerprint density at radius 2 is 1.86 bits per heavy atom. The minimum Gasteiger partial charge on any atom is -0.396 e. The Morgan fingerprint density at radius 3 is 2.45 bits per heavy atom. The lowest BCUT2D eigenvalue weighted by molar-refractivity contribution is 0.0378. The molecule has 6 nitrogen and oxygen atoms in total. The van der Waals surface area contributed by atoms with Crippen LogP contribution in [0.25, 0.3) is 11.4 Å². The van der Waals surface area contributed by atoms with Crippen LogP contribution >= 0.6 is 11.6 Å². The van der Waals surface area contributed by atoms with Crippen LogP contribution in [-0.4, -0.2) is 52.1 Å². The van der Waals surface area contributed by atoms with Crippen LogP contribution in [-0.2, 0) is 6.54 Å². The molecule has 2 N–H and O–H groups in total. The van der Waals surface area contributed by atoms with Gasteiger partial charge < -0.3 is 14.7 Å². The molecular formula is C15H20ClN3O3. The van der Waals surface area contributed by atoms with Crippen LogP contribution in [0.5, 0.6) is 0 Å². The van der Waals surface area contributed by atoms with Gasteiger partial charge in [-0.15, -0.1) is 0 Å². The molecule has 1 aromatic carbocycles. The van der Waals surface area contributed by atoms with Gasteiger partial charge in [-0.05, 0) is 31.3 Å². The number of hydrogen-bond donors (Lipinski definition) is 2. The molecule has 0 atom stereocenters. The Balaban J connectivity index is 2.01. The van der Waals surface area contributed by atoms with Gasteiger partial charge >= 0.3 is 0 Å². The normalized spacial score (nSPS) is 12.1. The highest BCUT2D eigenvalue weighted by Gasteiger charge is 2.25. The lowest BCUT2D eigenvalue weighted by Gasteiger charge is -2.29. The number of halogens is 1. The number of benzene rings is 1. The van der Waals surface area contributed by atoms with Crippen molar-refractivity contribution in [1.82, 2.24) is 15.0 Å². The summed E-state index contributed by atoms with van der Waals surface area (Å²) in [5.74, 6) is 0.984. The van der Waals surface area contributed by atoms with Crippen molar-refractivity contribution in [2.24, 2.45) is 5.41 Å². The van der Waals surface area contributed by atoms with Gasteiger partial charge in [0.15, 0.2) is 0 Å². The van der Waals surface area contributed by atoms with E-state index in [2.05, 4.69) is 10.1 Å². The molecule has 0 saturated heterocycles. The summed E-state index contributed by atoms with van der Waals surface area (Å²) in [4.78, 5) is 6.27. The first-order valence-corrected chi connectivity index (χ1v) is 7.32. The highest BCUT2D eigenvalue weighted by atomic mass is 35.5. The summed E-state index contributed by atoms with van der Waals surface area (Å²) in [6, 6.07) is 7.20. The highest BCUT2D eigenvalue weighted by molar-refractivity contribution is 6.30. The molecule has 2 aromatic rings. The Labute approximate surface area is 134 Å². The molecule has 22 heavy (non-hydrogen) atoms. The summed E-state index contributed by atoms with van der Waals surface area (Å²) in [6.45, 7) is 2.59. The largest absolute Gasteiger partial charge is 0.396 e.